The number of rotatable bonds is 3. The average Bonchev–Trinajstić information content (AvgIpc) is 3.10. The van der Waals surface area contributed by atoms with Crippen LogP contribution in [0.5, 0.6) is 0 Å². The summed E-state index contributed by atoms with van der Waals surface area (Å²) in [4.78, 5) is 19.3. The Labute approximate surface area is 169 Å². The third-order valence-electron chi connectivity index (χ3n) is 5.73. The van der Waals surface area contributed by atoms with E-state index in [1.54, 1.807) is 35.4 Å². The lowest BCUT2D eigenvalue weighted by Gasteiger charge is -2.35. The summed E-state index contributed by atoms with van der Waals surface area (Å²) in [5, 5.41) is 14.2. The van der Waals surface area contributed by atoms with Crippen molar-refractivity contribution in [3.05, 3.63) is 53.2 Å². The molecule has 1 aromatic heterocycles. The number of benzene rings is 1. The molecule has 4 atom stereocenters. The molecule has 28 heavy (non-hydrogen) atoms. The number of nitrogens with one attached hydrogen (secondary N) is 1. The zero-order valence-corrected chi connectivity index (χ0v) is 16.1. The standard InChI is InChI=1S/C22H22ClN3O2/c1-2-17-12-18-19(4-3-5-20(18)27)26(17)22(28)14-6-11-21(24-13-14)25-16-9-7-15(23)8-10-16/h1,6-11,13,17-20,27H,3-5,12H2,(H,24,25)/t17?,18-,19-,20+/m1/s1. The normalized spacial score (nSPS) is 26.4. The minimum atomic E-state index is -0.378. The van der Waals surface area contributed by atoms with E-state index in [-0.39, 0.29) is 30.0 Å². The quantitative estimate of drug-likeness (QED) is 0.774. The lowest BCUT2D eigenvalue weighted by molar-refractivity contribution is 0.0355. The van der Waals surface area contributed by atoms with Gasteiger partial charge in [-0.05, 0) is 62.1 Å². The maximum Gasteiger partial charge on any atom is 0.256 e. The Balaban J connectivity index is 1.51. The second-order valence-corrected chi connectivity index (χ2v) is 7.86. The molecule has 1 aromatic carbocycles. The third-order valence-corrected chi connectivity index (χ3v) is 5.98. The molecule has 1 aliphatic carbocycles. The van der Waals surface area contributed by atoms with Crippen molar-refractivity contribution >= 4 is 29.0 Å². The molecular formula is C22H22ClN3O2. The largest absolute Gasteiger partial charge is 0.393 e. The summed E-state index contributed by atoms with van der Waals surface area (Å²) < 4.78 is 0. The van der Waals surface area contributed by atoms with Crippen LogP contribution in [0.15, 0.2) is 42.6 Å². The molecule has 1 saturated carbocycles. The van der Waals surface area contributed by atoms with E-state index in [1.807, 2.05) is 12.1 Å². The van der Waals surface area contributed by atoms with E-state index in [1.165, 1.54) is 0 Å². The molecule has 1 unspecified atom stereocenters. The van der Waals surface area contributed by atoms with Gasteiger partial charge in [-0.25, -0.2) is 4.98 Å². The first-order valence-electron chi connectivity index (χ1n) is 9.52. The predicted octanol–water partition coefficient (Wildman–Crippen LogP) is 3.86. The smallest absolute Gasteiger partial charge is 0.256 e. The van der Waals surface area contributed by atoms with Gasteiger partial charge >= 0.3 is 0 Å². The van der Waals surface area contributed by atoms with E-state index in [2.05, 4.69) is 16.2 Å². The fourth-order valence-corrected chi connectivity index (χ4v) is 4.47. The molecule has 2 aliphatic rings. The molecule has 0 spiro atoms. The Bertz CT molecular complexity index is 891. The second kappa shape index (κ2) is 7.83. The van der Waals surface area contributed by atoms with Gasteiger partial charge < -0.3 is 15.3 Å². The number of aliphatic hydroxyl groups excluding tert-OH is 1. The predicted molar refractivity (Wildman–Crippen MR) is 110 cm³/mol. The monoisotopic (exact) mass is 395 g/mol. The summed E-state index contributed by atoms with van der Waals surface area (Å²) in [5.74, 6) is 3.33. The molecule has 1 saturated heterocycles. The van der Waals surface area contributed by atoms with Gasteiger partial charge in [0.25, 0.3) is 5.91 Å². The Kier molecular flexibility index (Phi) is 5.25. The van der Waals surface area contributed by atoms with Gasteiger partial charge in [-0.3, -0.25) is 4.79 Å². The molecular weight excluding hydrogens is 374 g/mol. The number of aliphatic hydroxyl groups is 1. The number of halogens is 1. The van der Waals surface area contributed by atoms with Crippen molar-refractivity contribution in [2.24, 2.45) is 5.92 Å². The van der Waals surface area contributed by atoms with Gasteiger partial charge in [-0.2, -0.15) is 0 Å². The lowest BCUT2D eigenvalue weighted by Crippen LogP contribution is -2.45. The summed E-state index contributed by atoms with van der Waals surface area (Å²) in [5.41, 5.74) is 1.37. The number of likely N-dealkylation sites (tertiary alicyclic amines) is 1. The van der Waals surface area contributed by atoms with Gasteiger partial charge in [-0.1, -0.05) is 17.5 Å². The number of amides is 1. The van der Waals surface area contributed by atoms with Crippen LogP contribution in [0.25, 0.3) is 0 Å². The van der Waals surface area contributed by atoms with Crippen molar-refractivity contribution < 1.29 is 9.90 Å². The van der Waals surface area contributed by atoms with Crippen LogP contribution in [-0.4, -0.2) is 39.1 Å². The number of carbonyl (C=O) groups is 1. The van der Waals surface area contributed by atoms with Crippen molar-refractivity contribution in [2.75, 3.05) is 5.32 Å². The van der Waals surface area contributed by atoms with Crippen molar-refractivity contribution in [1.82, 2.24) is 9.88 Å². The van der Waals surface area contributed by atoms with E-state index in [4.69, 9.17) is 18.0 Å². The number of anilines is 2. The van der Waals surface area contributed by atoms with Crippen molar-refractivity contribution in [2.45, 2.75) is 43.9 Å². The van der Waals surface area contributed by atoms with Crippen LogP contribution in [0.4, 0.5) is 11.5 Å². The van der Waals surface area contributed by atoms with E-state index in [0.29, 0.717) is 22.8 Å². The number of aromatic nitrogens is 1. The minimum absolute atomic E-state index is 0.00386. The molecule has 144 valence electrons. The summed E-state index contributed by atoms with van der Waals surface area (Å²) in [6.07, 6.45) is 10.1. The van der Waals surface area contributed by atoms with E-state index >= 15 is 0 Å². The average molecular weight is 396 g/mol. The fraction of sp³-hybridized carbons (Fsp3) is 0.364. The maximum atomic E-state index is 13.2. The number of hydrogen-bond donors (Lipinski definition) is 2. The number of hydrogen-bond acceptors (Lipinski definition) is 4. The van der Waals surface area contributed by atoms with Crippen LogP contribution >= 0.6 is 11.6 Å². The highest BCUT2D eigenvalue weighted by Gasteiger charge is 2.47. The van der Waals surface area contributed by atoms with Gasteiger partial charge in [0, 0.05) is 28.9 Å². The van der Waals surface area contributed by atoms with Crippen LogP contribution in [0.2, 0.25) is 5.02 Å². The molecule has 4 rings (SSSR count). The molecule has 2 aromatic rings. The van der Waals surface area contributed by atoms with Crippen LogP contribution in [0.3, 0.4) is 0 Å². The van der Waals surface area contributed by atoms with Gasteiger partial charge in [0.1, 0.15) is 5.82 Å². The highest BCUT2D eigenvalue weighted by atomic mass is 35.5. The van der Waals surface area contributed by atoms with Crippen molar-refractivity contribution in [3.8, 4) is 12.3 Å². The molecule has 2 heterocycles. The molecule has 1 amide bonds. The summed E-state index contributed by atoms with van der Waals surface area (Å²) >= 11 is 5.90. The highest BCUT2D eigenvalue weighted by Crippen LogP contribution is 2.40. The molecule has 6 heteroatoms. The van der Waals surface area contributed by atoms with Gasteiger partial charge in [0.2, 0.25) is 0 Å². The first-order valence-corrected chi connectivity index (χ1v) is 9.90. The molecule has 0 bridgehead atoms. The number of terminal acetylenes is 1. The van der Waals surface area contributed by atoms with Gasteiger partial charge in [0.05, 0.1) is 17.7 Å². The first kappa shape index (κ1) is 18.8. The van der Waals surface area contributed by atoms with Crippen LogP contribution < -0.4 is 5.32 Å². The van der Waals surface area contributed by atoms with E-state index in [0.717, 1.165) is 24.9 Å². The van der Waals surface area contributed by atoms with Crippen LogP contribution in [0, 0.1) is 18.3 Å². The SMILES string of the molecule is C#CC1C[C@@H]2[C@@H](CCC[C@@H]2O)N1C(=O)c1ccc(Nc2ccc(Cl)cc2)nc1. The van der Waals surface area contributed by atoms with Crippen LogP contribution in [0.1, 0.15) is 36.0 Å². The summed E-state index contributed by atoms with van der Waals surface area (Å²) in [7, 11) is 0. The zero-order valence-electron chi connectivity index (χ0n) is 15.4. The Hall–Kier alpha value is -2.55. The number of nitrogens with zero attached hydrogens (tertiary/aromatic N) is 2. The summed E-state index contributed by atoms with van der Waals surface area (Å²) in [6.45, 7) is 0. The zero-order chi connectivity index (χ0) is 19.7. The Morgan fingerprint density at radius 2 is 2.04 bits per heavy atom. The van der Waals surface area contributed by atoms with E-state index < -0.39 is 0 Å². The van der Waals surface area contributed by atoms with Crippen molar-refractivity contribution in [3.63, 3.8) is 0 Å². The molecule has 2 N–H and O–H groups in total. The Morgan fingerprint density at radius 3 is 2.71 bits per heavy atom. The third kappa shape index (κ3) is 3.58. The van der Waals surface area contributed by atoms with Gasteiger partial charge in [0.15, 0.2) is 0 Å². The lowest BCUT2D eigenvalue weighted by atomic mass is 9.82. The van der Waals surface area contributed by atoms with Crippen molar-refractivity contribution in [1.29, 1.82) is 0 Å². The summed E-state index contributed by atoms with van der Waals surface area (Å²) in [6, 6.07) is 10.6. The topological polar surface area (TPSA) is 65.5 Å². The number of pyridine rings is 1. The second-order valence-electron chi connectivity index (χ2n) is 7.42. The van der Waals surface area contributed by atoms with Gasteiger partial charge in [-0.15, -0.1) is 6.42 Å². The molecule has 1 aliphatic heterocycles. The molecule has 5 nitrogen and oxygen atoms in total. The minimum Gasteiger partial charge on any atom is -0.393 e. The molecule has 0 radical (unpaired) electrons. The maximum absolute atomic E-state index is 13.2. The fourth-order valence-electron chi connectivity index (χ4n) is 4.35. The first-order chi connectivity index (χ1) is 13.6. The number of carbonyl (C=O) groups excluding carboxylic acids is 1. The Morgan fingerprint density at radius 1 is 1.25 bits per heavy atom. The number of fused-ring (bicyclic) bond motifs is 1. The van der Waals surface area contributed by atoms with E-state index in [9.17, 15) is 9.90 Å². The molecule has 2 fully saturated rings. The van der Waals surface area contributed by atoms with Crippen LogP contribution in [-0.2, 0) is 0 Å². The highest BCUT2D eigenvalue weighted by molar-refractivity contribution is 6.30.